The van der Waals surface area contributed by atoms with E-state index in [2.05, 4.69) is 15.6 Å². The minimum Gasteiger partial charge on any atom is -0.497 e. The Kier molecular flexibility index (Phi) is 9.82. The summed E-state index contributed by atoms with van der Waals surface area (Å²) in [5.74, 6) is 1.01. The maximum absolute atomic E-state index is 11.8. The van der Waals surface area contributed by atoms with Gasteiger partial charge in [-0.1, -0.05) is 11.6 Å². The van der Waals surface area contributed by atoms with Crippen LogP contribution in [0.3, 0.4) is 0 Å². The van der Waals surface area contributed by atoms with E-state index in [1.54, 1.807) is 31.4 Å². The summed E-state index contributed by atoms with van der Waals surface area (Å²) in [5.41, 5.74) is 7.37. The fourth-order valence-electron chi connectivity index (χ4n) is 2.06. The predicted octanol–water partition coefficient (Wildman–Crippen LogP) is 4.11. The van der Waals surface area contributed by atoms with Crippen LogP contribution in [0.1, 0.15) is 12.8 Å². The highest BCUT2D eigenvalue weighted by atomic mass is 127. The zero-order valence-electron chi connectivity index (χ0n) is 14.4. The molecule has 2 rings (SSSR count). The highest BCUT2D eigenvalue weighted by Crippen LogP contribution is 2.15. The van der Waals surface area contributed by atoms with Crippen LogP contribution < -0.4 is 21.1 Å². The normalized spacial score (nSPS) is 10.6. The number of benzene rings is 2. The highest BCUT2D eigenvalue weighted by molar-refractivity contribution is 14.0. The van der Waals surface area contributed by atoms with Crippen LogP contribution in [0, 0.1) is 0 Å². The van der Waals surface area contributed by atoms with Crippen LogP contribution in [0.15, 0.2) is 53.5 Å². The largest absolute Gasteiger partial charge is 0.497 e. The van der Waals surface area contributed by atoms with Crippen molar-refractivity contribution in [2.75, 3.05) is 24.3 Å². The van der Waals surface area contributed by atoms with Crippen LogP contribution in [0.4, 0.5) is 11.4 Å². The van der Waals surface area contributed by atoms with Gasteiger partial charge < -0.3 is 21.1 Å². The maximum atomic E-state index is 11.8. The van der Waals surface area contributed by atoms with E-state index in [1.165, 1.54) is 0 Å². The minimum absolute atomic E-state index is 0. The molecule has 0 heterocycles. The van der Waals surface area contributed by atoms with Gasteiger partial charge in [0.25, 0.3) is 0 Å². The van der Waals surface area contributed by atoms with Crippen molar-refractivity contribution in [1.82, 2.24) is 0 Å². The van der Waals surface area contributed by atoms with Crippen LogP contribution in [-0.2, 0) is 4.79 Å². The molecular weight excluding hydrogens is 467 g/mol. The smallest absolute Gasteiger partial charge is 0.224 e. The number of aliphatic imine (C=N–C) groups is 1. The SMILES string of the molecule is COc1ccc(NC(N)=NCCCC(=O)Nc2ccc(Cl)cc2)cc1.I. The molecule has 0 saturated carbocycles. The van der Waals surface area contributed by atoms with Gasteiger partial charge in [-0.3, -0.25) is 9.79 Å². The van der Waals surface area contributed by atoms with E-state index in [9.17, 15) is 4.79 Å². The first-order valence-electron chi connectivity index (χ1n) is 7.83. The third-order valence-corrected chi connectivity index (χ3v) is 3.59. The second kappa shape index (κ2) is 11.6. The van der Waals surface area contributed by atoms with Crippen molar-refractivity contribution in [2.24, 2.45) is 10.7 Å². The number of carbonyl (C=O) groups is 1. The van der Waals surface area contributed by atoms with Gasteiger partial charge in [0.05, 0.1) is 7.11 Å². The first kappa shape index (κ1) is 22.0. The standard InChI is InChI=1S/C18H21ClN4O2.HI/c1-25-16-10-8-15(9-11-16)23-18(20)21-12-2-3-17(24)22-14-6-4-13(19)5-7-14;/h4-11H,2-3,12H2,1H3,(H,22,24)(H3,20,21,23);1H. The highest BCUT2D eigenvalue weighted by Gasteiger charge is 2.02. The van der Waals surface area contributed by atoms with Crippen LogP contribution >= 0.6 is 35.6 Å². The average Bonchev–Trinajstić information content (AvgIpc) is 2.61. The number of hydrogen-bond acceptors (Lipinski definition) is 3. The second-order valence-corrected chi connectivity index (χ2v) is 5.72. The molecule has 0 spiro atoms. The molecule has 0 saturated heterocycles. The molecule has 0 atom stereocenters. The van der Waals surface area contributed by atoms with Gasteiger partial charge in [0.2, 0.25) is 5.91 Å². The number of nitrogens with two attached hydrogens (primary N) is 1. The fraction of sp³-hybridized carbons (Fsp3) is 0.222. The molecule has 0 aliphatic heterocycles. The molecule has 140 valence electrons. The van der Waals surface area contributed by atoms with Crippen LogP contribution in [0.2, 0.25) is 5.02 Å². The van der Waals surface area contributed by atoms with Crippen molar-refractivity contribution in [3.05, 3.63) is 53.6 Å². The number of methoxy groups -OCH3 is 1. The number of amides is 1. The van der Waals surface area contributed by atoms with Crippen molar-refractivity contribution in [3.63, 3.8) is 0 Å². The number of ether oxygens (including phenoxy) is 1. The molecule has 0 radical (unpaired) electrons. The molecule has 2 aromatic rings. The van der Waals surface area contributed by atoms with Gasteiger partial charge >= 0.3 is 0 Å². The minimum atomic E-state index is -0.0702. The Morgan fingerprint density at radius 3 is 2.27 bits per heavy atom. The number of nitrogens with one attached hydrogen (secondary N) is 2. The van der Waals surface area contributed by atoms with E-state index in [4.69, 9.17) is 22.1 Å². The molecule has 0 fully saturated rings. The average molecular weight is 489 g/mol. The number of rotatable bonds is 7. The van der Waals surface area contributed by atoms with Crippen molar-refractivity contribution in [3.8, 4) is 5.75 Å². The van der Waals surface area contributed by atoms with Gasteiger partial charge in [-0.05, 0) is 55.0 Å². The molecule has 2 aromatic carbocycles. The first-order valence-corrected chi connectivity index (χ1v) is 8.21. The van der Waals surface area contributed by atoms with Gasteiger partial charge in [-0.25, -0.2) is 0 Å². The van der Waals surface area contributed by atoms with Crippen molar-refractivity contribution in [2.45, 2.75) is 12.8 Å². The third-order valence-electron chi connectivity index (χ3n) is 3.33. The predicted molar refractivity (Wildman–Crippen MR) is 118 cm³/mol. The Bertz CT molecular complexity index is 721. The van der Waals surface area contributed by atoms with E-state index in [0.717, 1.165) is 17.1 Å². The molecule has 1 amide bonds. The summed E-state index contributed by atoms with van der Waals surface area (Å²) in [6.07, 6.45) is 0.965. The second-order valence-electron chi connectivity index (χ2n) is 5.28. The lowest BCUT2D eigenvalue weighted by Crippen LogP contribution is -2.23. The van der Waals surface area contributed by atoms with Crippen molar-refractivity contribution < 1.29 is 9.53 Å². The summed E-state index contributed by atoms with van der Waals surface area (Å²) < 4.78 is 5.09. The van der Waals surface area contributed by atoms with Gasteiger partial charge in [0.15, 0.2) is 5.96 Å². The van der Waals surface area contributed by atoms with Crippen LogP contribution in [0.25, 0.3) is 0 Å². The number of anilines is 2. The van der Waals surface area contributed by atoms with E-state index in [1.807, 2.05) is 24.3 Å². The summed E-state index contributed by atoms with van der Waals surface area (Å²) in [7, 11) is 1.61. The molecule has 0 aromatic heterocycles. The van der Waals surface area contributed by atoms with E-state index in [-0.39, 0.29) is 29.9 Å². The lowest BCUT2D eigenvalue weighted by atomic mass is 10.2. The molecule has 6 nitrogen and oxygen atoms in total. The summed E-state index contributed by atoms with van der Waals surface area (Å²) in [4.78, 5) is 16.0. The molecular formula is C18H22ClIN4O2. The molecule has 0 aliphatic rings. The molecule has 0 aliphatic carbocycles. The Balaban J connectivity index is 0.00000338. The van der Waals surface area contributed by atoms with Gasteiger partial charge in [-0.2, -0.15) is 0 Å². The Morgan fingerprint density at radius 1 is 1.08 bits per heavy atom. The summed E-state index contributed by atoms with van der Waals surface area (Å²) in [6.45, 7) is 0.461. The summed E-state index contributed by atoms with van der Waals surface area (Å²) >= 11 is 5.80. The number of halogens is 2. The van der Waals surface area contributed by atoms with Crippen molar-refractivity contribution >= 4 is 58.8 Å². The molecule has 4 N–H and O–H groups in total. The fourth-order valence-corrected chi connectivity index (χ4v) is 2.18. The third kappa shape index (κ3) is 7.92. The van der Waals surface area contributed by atoms with Gasteiger partial charge in [0, 0.05) is 29.4 Å². The summed E-state index contributed by atoms with van der Waals surface area (Å²) in [6, 6.07) is 14.3. The first-order chi connectivity index (χ1) is 12.1. The van der Waals surface area contributed by atoms with Crippen molar-refractivity contribution in [1.29, 1.82) is 0 Å². The van der Waals surface area contributed by atoms with Gasteiger partial charge in [-0.15, -0.1) is 24.0 Å². The molecule has 0 bridgehead atoms. The Morgan fingerprint density at radius 2 is 1.65 bits per heavy atom. The zero-order valence-corrected chi connectivity index (χ0v) is 17.5. The topological polar surface area (TPSA) is 88.7 Å². The van der Waals surface area contributed by atoms with E-state index in [0.29, 0.717) is 30.4 Å². The number of nitrogens with zero attached hydrogens (tertiary/aromatic N) is 1. The number of guanidine groups is 1. The maximum Gasteiger partial charge on any atom is 0.224 e. The Hall–Kier alpha value is -2.00. The number of hydrogen-bond donors (Lipinski definition) is 3. The Labute approximate surface area is 175 Å². The zero-order chi connectivity index (χ0) is 18.1. The van der Waals surface area contributed by atoms with E-state index >= 15 is 0 Å². The van der Waals surface area contributed by atoms with E-state index < -0.39 is 0 Å². The monoisotopic (exact) mass is 488 g/mol. The van der Waals surface area contributed by atoms with Crippen LogP contribution in [0.5, 0.6) is 5.75 Å². The molecule has 0 unspecified atom stereocenters. The number of carbonyl (C=O) groups excluding carboxylic acids is 1. The molecule has 8 heteroatoms. The summed E-state index contributed by atoms with van der Waals surface area (Å²) in [5, 5.41) is 6.42. The van der Waals surface area contributed by atoms with Gasteiger partial charge in [0.1, 0.15) is 5.75 Å². The van der Waals surface area contributed by atoms with Crippen LogP contribution in [-0.4, -0.2) is 25.5 Å². The lowest BCUT2D eigenvalue weighted by Gasteiger charge is -2.07. The molecule has 26 heavy (non-hydrogen) atoms. The lowest BCUT2D eigenvalue weighted by molar-refractivity contribution is -0.116. The quantitative estimate of drug-likeness (QED) is 0.237.